The molecule has 0 atom stereocenters. The van der Waals surface area contributed by atoms with Gasteiger partial charge in [-0.1, -0.05) is 12.1 Å². The van der Waals surface area contributed by atoms with E-state index in [1.165, 1.54) is 0 Å². The van der Waals surface area contributed by atoms with E-state index in [1.807, 2.05) is 39.0 Å². The molecule has 2 rings (SSSR count). The van der Waals surface area contributed by atoms with Crippen molar-refractivity contribution in [1.29, 1.82) is 0 Å². The van der Waals surface area contributed by atoms with Gasteiger partial charge in [0.05, 0.1) is 5.69 Å². The number of hydrogen-bond acceptors (Lipinski definition) is 4. The van der Waals surface area contributed by atoms with Gasteiger partial charge in [0.1, 0.15) is 5.60 Å². The summed E-state index contributed by atoms with van der Waals surface area (Å²) in [6.45, 7) is 5.44. The quantitative estimate of drug-likeness (QED) is 0.734. The van der Waals surface area contributed by atoms with E-state index in [1.54, 1.807) is 24.3 Å². The largest absolute Gasteiger partial charge is 0.444 e. The first-order chi connectivity index (χ1) is 10.2. The molecule has 5 N–H and O–H groups in total. The fourth-order valence-corrected chi connectivity index (χ4v) is 2.03. The van der Waals surface area contributed by atoms with E-state index in [0.29, 0.717) is 17.1 Å². The lowest BCUT2D eigenvalue weighted by molar-refractivity contribution is 0.0636. The van der Waals surface area contributed by atoms with E-state index in [9.17, 15) is 4.79 Å². The van der Waals surface area contributed by atoms with E-state index in [2.05, 4.69) is 5.32 Å². The Morgan fingerprint density at radius 3 is 2.36 bits per heavy atom. The first-order valence-electron chi connectivity index (χ1n) is 7.00. The molecule has 0 fully saturated rings. The molecule has 0 aromatic heterocycles. The summed E-state index contributed by atoms with van der Waals surface area (Å²) in [5.41, 5.74) is 14.7. The molecule has 116 valence electrons. The molecule has 0 aliphatic rings. The van der Waals surface area contributed by atoms with Crippen LogP contribution in [0, 0.1) is 0 Å². The molecule has 2 aromatic rings. The number of nitrogens with one attached hydrogen (secondary N) is 1. The third kappa shape index (κ3) is 4.15. The first-order valence-corrected chi connectivity index (χ1v) is 7.00. The third-order valence-electron chi connectivity index (χ3n) is 2.88. The summed E-state index contributed by atoms with van der Waals surface area (Å²) < 4.78 is 5.28. The van der Waals surface area contributed by atoms with Crippen molar-refractivity contribution in [2.45, 2.75) is 26.4 Å². The minimum Gasteiger partial charge on any atom is -0.444 e. The molecule has 0 aliphatic carbocycles. The fraction of sp³-hybridized carbons (Fsp3) is 0.235. The Morgan fingerprint density at radius 1 is 1.05 bits per heavy atom. The molecule has 0 bridgehead atoms. The summed E-state index contributed by atoms with van der Waals surface area (Å²) in [4.78, 5) is 12.0. The molecule has 0 heterocycles. The molecule has 0 spiro atoms. The van der Waals surface area contributed by atoms with Crippen LogP contribution in [-0.4, -0.2) is 11.7 Å². The van der Waals surface area contributed by atoms with Gasteiger partial charge in [0.25, 0.3) is 0 Å². The summed E-state index contributed by atoms with van der Waals surface area (Å²) in [7, 11) is 0. The predicted octanol–water partition coefficient (Wildman–Crippen LogP) is 3.87. The van der Waals surface area contributed by atoms with Crippen LogP contribution < -0.4 is 16.8 Å². The summed E-state index contributed by atoms with van der Waals surface area (Å²) in [5, 5.41) is 2.75. The fourth-order valence-electron chi connectivity index (χ4n) is 2.03. The Hall–Kier alpha value is -2.69. The van der Waals surface area contributed by atoms with E-state index in [0.717, 1.165) is 11.1 Å². The van der Waals surface area contributed by atoms with Crippen LogP contribution in [0.2, 0.25) is 0 Å². The SMILES string of the molecule is CC(C)(C)OC(=O)Nc1ccc(N)cc1-c1cccc(N)c1. The second-order valence-corrected chi connectivity index (χ2v) is 6.06. The van der Waals surface area contributed by atoms with Crippen molar-refractivity contribution in [2.24, 2.45) is 0 Å². The van der Waals surface area contributed by atoms with Gasteiger partial charge in [-0.3, -0.25) is 5.32 Å². The number of nitrogens with two attached hydrogens (primary N) is 2. The topological polar surface area (TPSA) is 90.4 Å². The molecule has 0 aliphatic heterocycles. The smallest absolute Gasteiger partial charge is 0.412 e. The van der Waals surface area contributed by atoms with Crippen LogP contribution in [0.15, 0.2) is 42.5 Å². The zero-order valence-corrected chi connectivity index (χ0v) is 13.0. The molecule has 0 saturated carbocycles. The van der Waals surface area contributed by atoms with Crippen molar-refractivity contribution in [2.75, 3.05) is 16.8 Å². The lowest BCUT2D eigenvalue weighted by atomic mass is 10.0. The lowest BCUT2D eigenvalue weighted by Gasteiger charge is -2.20. The van der Waals surface area contributed by atoms with Crippen molar-refractivity contribution >= 4 is 23.2 Å². The monoisotopic (exact) mass is 299 g/mol. The van der Waals surface area contributed by atoms with Crippen molar-refractivity contribution < 1.29 is 9.53 Å². The Balaban J connectivity index is 2.35. The molecule has 0 unspecified atom stereocenters. The molecular formula is C17H21N3O2. The average molecular weight is 299 g/mol. The molecule has 5 nitrogen and oxygen atoms in total. The highest BCUT2D eigenvalue weighted by Gasteiger charge is 2.17. The lowest BCUT2D eigenvalue weighted by Crippen LogP contribution is -2.27. The Morgan fingerprint density at radius 2 is 1.73 bits per heavy atom. The van der Waals surface area contributed by atoms with Crippen molar-refractivity contribution in [1.82, 2.24) is 0 Å². The van der Waals surface area contributed by atoms with Gasteiger partial charge in [-0.2, -0.15) is 0 Å². The number of anilines is 3. The first kappa shape index (κ1) is 15.7. The molecule has 5 heteroatoms. The number of amides is 1. The maximum Gasteiger partial charge on any atom is 0.412 e. The van der Waals surface area contributed by atoms with Crippen LogP contribution in [0.3, 0.4) is 0 Å². The Kier molecular flexibility index (Phi) is 4.26. The second-order valence-electron chi connectivity index (χ2n) is 6.06. The highest BCUT2D eigenvalue weighted by Crippen LogP contribution is 2.31. The molecule has 0 saturated heterocycles. The van der Waals surface area contributed by atoms with E-state index >= 15 is 0 Å². The van der Waals surface area contributed by atoms with Gasteiger partial charge in [0.15, 0.2) is 0 Å². The van der Waals surface area contributed by atoms with E-state index < -0.39 is 11.7 Å². The highest BCUT2D eigenvalue weighted by atomic mass is 16.6. The summed E-state index contributed by atoms with van der Waals surface area (Å²) in [6.07, 6.45) is -0.512. The number of nitrogen functional groups attached to an aromatic ring is 2. The summed E-state index contributed by atoms with van der Waals surface area (Å²) >= 11 is 0. The number of hydrogen-bond donors (Lipinski definition) is 3. The standard InChI is InChI=1S/C17H21N3O2/c1-17(2,3)22-16(21)20-15-8-7-13(19)10-14(15)11-5-4-6-12(18)9-11/h4-10H,18-19H2,1-3H3,(H,20,21). The van der Waals surface area contributed by atoms with Gasteiger partial charge < -0.3 is 16.2 Å². The van der Waals surface area contributed by atoms with Crippen molar-refractivity contribution in [3.63, 3.8) is 0 Å². The van der Waals surface area contributed by atoms with Crippen LogP contribution in [-0.2, 0) is 4.74 Å². The molecule has 1 amide bonds. The number of carbonyl (C=O) groups is 1. The van der Waals surface area contributed by atoms with Crippen LogP contribution in [0.1, 0.15) is 20.8 Å². The molecule has 2 aromatic carbocycles. The van der Waals surface area contributed by atoms with Crippen LogP contribution in [0.25, 0.3) is 11.1 Å². The minimum atomic E-state index is -0.560. The zero-order valence-electron chi connectivity index (χ0n) is 13.0. The van der Waals surface area contributed by atoms with Crippen LogP contribution in [0.5, 0.6) is 0 Å². The molecule has 0 radical (unpaired) electrons. The average Bonchev–Trinajstić information content (AvgIpc) is 2.38. The van der Waals surface area contributed by atoms with Crippen molar-refractivity contribution in [3.05, 3.63) is 42.5 Å². The third-order valence-corrected chi connectivity index (χ3v) is 2.88. The van der Waals surface area contributed by atoms with Gasteiger partial charge in [0, 0.05) is 16.9 Å². The van der Waals surface area contributed by atoms with Gasteiger partial charge in [-0.15, -0.1) is 0 Å². The molecular weight excluding hydrogens is 278 g/mol. The highest BCUT2D eigenvalue weighted by molar-refractivity contribution is 5.93. The van der Waals surface area contributed by atoms with Gasteiger partial charge in [-0.25, -0.2) is 4.79 Å². The second kappa shape index (κ2) is 5.97. The minimum absolute atomic E-state index is 0.512. The van der Waals surface area contributed by atoms with Crippen LogP contribution >= 0.6 is 0 Å². The Bertz CT molecular complexity index is 691. The maximum atomic E-state index is 12.0. The molecule has 22 heavy (non-hydrogen) atoms. The number of carbonyl (C=O) groups excluding carboxylic acids is 1. The summed E-state index contributed by atoms with van der Waals surface area (Å²) in [5.74, 6) is 0. The van der Waals surface area contributed by atoms with Crippen LogP contribution in [0.4, 0.5) is 21.9 Å². The normalized spacial score (nSPS) is 11.0. The Labute approximate surface area is 130 Å². The number of rotatable bonds is 2. The number of benzene rings is 2. The van der Waals surface area contributed by atoms with Crippen molar-refractivity contribution in [3.8, 4) is 11.1 Å². The zero-order chi connectivity index (χ0) is 16.3. The van der Waals surface area contributed by atoms with Gasteiger partial charge in [0.2, 0.25) is 0 Å². The number of ether oxygens (including phenoxy) is 1. The summed E-state index contributed by atoms with van der Waals surface area (Å²) in [6, 6.07) is 12.7. The maximum absolute atomic E-state index is 12.0. The van der Waals surface area contributed by atoms with Gasteiger partial charge >= 0.3 is 6.09 Å². The predicted molar refractivity (Wildman–Crippen MR) is 90.6 cm³/mol. The van der Waals surface area contributed by atoms with E-state index in [-0.39, 0.29) is 0 Å². The van der Waals surface area contributed by atoms with Gasteiger partial charge in [-0.05, 0) is 56.7 Å². The van der Waals surface area contributed by atoms with E-state index in [4.69, 9.17) is 16.2 Å².